The third kappa shape index (κ3) is 3.37. The Morgan fingerprint density at radius 1 is 1.13 bits per heavy atom. The number of benzene rings is 1. The fourth-order valence-corrected chi connectivity index (χ4v) is 2.59. The van der Waals surface area contributed by atoms with Gasteiger partial charge in [-0.2, -0.15) is 5.10 Å². The van der Waals surface area contributed by atoms with Crippen molar-refractivity contribution >= 4 is 0 Å². The maximum absolute atomic E-state index is 12.0. The van der Waals surface area contributed by atoms with E-state index in [1.165, 1.54) is 4.68 Å². The Labute approximate surface area is 135 Å². The molecule has 1 aromatic heterocycles. The zero-order valence-electron chi connectivity index (χ0n) is 13.5. The Morgan fingerprint density at radius 2 is 1.91 bits per heavy atom. The normalized spacial score (nSPS) is 12.8. The molecule has 0 radical (unpaired) electrons. The summed E-state index contributed by atoms with van der Waals surface area (Å²) in [5, 5.41) is 4.49. The van der Waals surface area contributed by atoms with E-state index in [1.807, 2.05) is 18.2 Å². The minimum Gasteiger partial charge on any atom is -0.454 e. The van der Waals surface area contributed by atoms with E-state index in [1.54, 1.807) is 12.1 Å². The number of rotatable bonds is 6. The molecule has 2 aromatic rings. The molecule has 1 aromatic carbocycles. The van der Waals surface area contributed by atoms with Crippen LogP contribution in [0.1, 0.15) is 13.8 Å². The molecular formula is C17H21N3O3. The minimum absolute atomic E-state index is 0.0818. The number of likely N-dealkylation sites (N-methyl/N-ethyl adjacent to an activating group) is 1. The molecule has 0 N–H and O–H groups in total. The van der Waals surface area contributed by atoms with Crippen molar-refractivity contribution in [2.24, 2.45) is 0 Å². The van der Waals surface area contributed by atoms with Crippen LogP contribution in [0.2, 0.25) is 0 Å². The summed E-state index contributed by atoms with van der Waals surface area (Å²) in [4.78, 5) is 14.3. The predicted octanol–water partition coefficient (Wildman–Crippen LogP) is 1.98. The molecule has 122 valence electrons. The fraction of sp³-hybridized carbons (Fsp3) is 0.412. The smallest absolute Gasteiger partial charge is 0.266 e. The van der Waals surface area contributed by atoms with Gasteiger partial charge in [-0.25, -0.2) is 4.68 Å². The van der Waals surface area contributed by atoms with E-state index >= 15 is 0 Å². The van der Waals surface area contributed by atoms with E-state index < -0.39 is 0 Å². The van der Waals surface area contributed by atoms with E-state index in [-0.39, 0.29) is 12.4 Å². The molecule has 0 spiro atoms. The van der Waals surface area contributed by atoms with Crippen molar-refractivity contribution in [3.05, 3.63) is 40.7 Å². The zero-order chi connectivity index (χ0) is 16.2. The van der Waals surface area contributed by atoms with Crippen LogP contribution < -0.4 is 15.0 Å². The summed E-state index contributed by atoms with van der Waals surface area (Å²) in [6.45, 7) is 7.80. The molecule has 6 nitrogen and oxygen atoms in total. The molecule has 0 amide bonds. The van der Waals surface area contributed by atoms with Crippen molar-refractivity contribution in [2.45, 2.75) is 20.4 Å². The predicted molar refractivity (Wildman–Crippen MR) is 87.8 cm³/mol. The van der Waals surface area contributed by atoms with Crippen LogP contribution in [0.4, 0.5) is 0 Å². The Hall–Kier alpha value is -2.34. The monoisotopic (exact) mass is 315 g/mol. The summed E-state index contributed by atoms with van der Waals surface area (Å²) in [6.07, 6.45) is 0. The molecule has 1 aliphatic rings. The molecule has 1 aliphatic heterocycles. The number of ether oxygens (including phenoxy) is 2. The average Bonchev–Trinajstić information content (AvgIpc) is 3.05. The molecule has 0 saturated heterocycles. The first-order chi connectivity index (χ1) is 11.2. The van der Waals surface area contributed by atoms with Gasteiger partial charge in [0.05, 0.1) is 12.2 Å². The van der Waals surface area contributed by atoms with E-state index in [0.717, 1.165) is 36.6 Å². The summed E-state index contributed by atoms with van der Waals surface area (Å²) in [5.41, 5.74) is 1.58. The van der Waals surface area contributed by atoms with Crippen LogP contribution in [-0.2, 0) is 6.54 Å². The lowest BCUT2D eigenvalue weighted by molar-refractivity contribution is 0.174. The molecule has 0 atom stereocenters. The molecule has 0 aliphatic carbocycles. The largest absolute Gasteiger partial charge is 0.454 e. The van der Waals surface area contributed by atoms with Gasteiger partial charge in [-0.1, -0.05) is 13.8 Å². The van der Waals surface area contributed by atoms with Crippen molar-refractivity contribution in [3.8, 4) is 22.8 Å². The first-order valence-electron chi connectivity index (χ1n) is 7.91. The van der Waals surface area contributed by atoms with E-state index in [4.69, 9.17) is 9.47 Å². The summed E-state index contributed by atoms with van der Waals surface area (Å²) >= 11 is 0. The first kappa shape index (κ1) is 15.6. The second-order valence-corrected chi connectivity index (χ2v) is 5.37. The van der Waals surface area contributed by atoms with Crippen LogP contribution in [0.25, 0.3) is 11.3 Å². The standard InChI is InChI=1S/C17H21N3O3/c1-3-19(4-2)9-10-20-17(21)8-6-14(18-20)13-5-7-15-16(11-13)23-12-22-15/h5-8,11H,3-4,9-10,12H2,1-2H3. The number of fused-ring (bicyclic) bond motifs is 1. The third-order valence-electron chi connectivity index (χ3n) is 4.06. The lowest BCUT2D eigenvalue weighted by Crippen LogP contribution is -2.31. The van der Waals surface area contributed by atoms with Gasteiger partial charge in [0, 0.05) is 18.2 Å². The molecule has 0 saturated carbocycles. The topological polar surface area (TPSA) is 56.6 Å². The molecule has 0 bridgehead atoms. The van der Waals surface area contributed by atoms with Crippen LogP contribution in [0.3, 0.4) is 0 Å². The molecule has 0 fully saturated rings. The van der Waals surface area contributed by atoms with Crippen LogP contribution in [0.15, 0.2) is 35.1 Å². The van der Waals surface area contributed by atoms with Crippen LogP contribution in [0.5, 0.6) is 11.5 Å². The van der Waals surface area contributed by atoms with Gasteiger partial charge in [-0.3, -0.25) is 4.79 Å². The molecule has 2 heterocycles. The Balaban J connectivity index is 1.84. The van der Waals surface area contributed by atoms with Gasteiger partial charge in [0.15, 0.2) is 11.5 Å². The van der Waals surface area contributed by atoms with E-state index in [0.29, 0.717) is 12.3 Å². The quantitative estimate of drug-likeness (QED) is 0.816. The van der Waals surface area contributed by atoms with Crippen molar-refractivity contribution in [2.75, 3.05) is 26.4 Å². The summed E-state index contributed by atoms with van der Waals surface area (Å²) < 4.78 is 12.2. The number of aromatic nitrogens is 2. The van der Waals surface area contributed by atoms with Crippen LogP contribution in [-0.4, -0.2) is 41.1 Å². The van der Waals surface area contributed by atoms with Crippen molar-refractivity contribution in [3.63, 3.8) is 0 Å². The maximum Gasteiger partial charge on any atom is 0.266 e. The van der Waals surface area contributed by atoms with Crippen LogP contribution >= 0.6 is 0 Å². The SMILES string of the molecule is CCN(CC)CCn1nc(-c2ccc3c(c2)OCO3)ccc1=O. The van der Waals surface area contributed by atoms with Gasteiger partial charge >= 0.3 is 0 Å². The maximum atomic E-state index is 12.0. The van der Waals surface area contributed by atoms with E-state index in [9.17, 15) is 4.79 Å². The average molecular weight is 315 g/mol. The highest BCUT2D eigenvalue weighted by atomic mass is 16.7. The fourth-order valence-electron chi connectivity index (χ4n) is 2.59. The molecule has 6 heteroatoms. The van der Waals surface area contributed by atoms with Crippen LogP contribution in [0, 0.1) is 0 Å². The van der Waals surface area contributed by atoms with Gasteiger partial charge in [-0.05, 0) is 37.4 Å². The summed E-state index contributed by atoms with van der Waals surface area (Å²) in [7, 11) is 0. The Bertz CT molecular complexity index is 738. The molecule has 3 rings (SSSR count). The second-order valence-electron chi connectivity index (χ2n) is 5.37. The zero-order valence-corrected chi connectivity index (χ0v) is 13.5. The number of nitrogens with zero attached hydrogens (tertiary/aromatic N) is 3. The highest BCUT2D eigenvalue weighted by Crippen LogP contribution is 2.35. The van der Waals surface area contributed by atoms with Crippen molar-refractivity contribution < 1.29 is 9.47 Å². The second kappa shape index (κ2) is 6.83. The van der Waals surface area contributed by atoms with Gasteiger partial charge in [0.1, 0.15) is 0 Å². The lowest BCUT2D eigenvalue weighted by Gasteiger charge is -2.18. The Morgan fingerprint density at radius 3 is 2.70 bits per heavy atom. The van der Waals surface area contributed by atoms with Gasteiger partial charge in [0.25, 0.3) is 5.56 Å². The van der Waals surface area contributed by atoms with Crippen molar-refractivity contribution in [1.82, 2.24) is 14.7 Å². The van der Waals surface area contributed by atoms with Crippen molar-refractivity contribution in [1.29, 1.82) is 0 Å². The first-order valence-corrected chi connectivity index (χ1v) is 7.91. The van der Waals surface area contributed by atoms with E-state index in [2.05, 4.69) is 23.8 Å². The van der Waals surface area contributed by atoms with Gasteiger partial charge in [-0.15, -0.1) is 0 Å². The highest BCUT2D eigenvalue weighted by molar-refractivity contribution is 5.63. The minimum atomic E-state index is -0.0818. The number of hydrogen-bond donors (Lipinski definition) is 0. The summed E-state index contributed by atoms with van der Waals surface area (Å²) in [5.74, 6) is 1.45. The molecular weight excluding hydrogens is 294 g/mol. The Kier molecular flexibility index (Phi) is 4.62. The van der Waals surface area contributed by atoms with Gasteiger partial charge in [0.2, 0.25) is 6.79 Å². The number of hydrogen-bond acceptors (Lipinski definition) is 5. The van der Waals surface area contributed by atoms with Gasteiger partial charge < -0.3 is 14.4 Å². The summed E-state index contributed by atoms with van der Waals surface area (Å²) in [6, 6.07) is 8.99. The molecule has 0 unspecified atom stereocenters. The third-order valence-corrected chi connectivity index (χ3v) is 4.06. The highest BCUT2D eigenvalue weighted by Gasteiger charge is 2.14. The molecule has 23 heavy (non-hydrogen) atoms. The lowest BCUT2D eigenvalue weighted by atomic mass is 10.1.